The van der Waals surface area contributed by atoms with Crippen molar-refractivity contribution < 1.29 is 22.4 Å². The minimum Gasteiger partial charge on any atom is -0.322 e. The van der Waals surface area contributed by atoms with Crippen molar-refractivity contribution in [2.24, 2.45) is 5.41 Å². The van der Waals surface area contributed by atoms with E-state index in [0.29, 0.717) is 0 Å². The number of benzene rings is 2. The van der Waals surface area contributed by atoms with Crippen molar-refractivity contribution in [1.82, 2.24) is 0 Å². The third-order valence-electron chi connectivity index (χ3n) is 4.01. The summed E-state index contributed by atoms with van der Waals surface area (Å²) in [6.07, 6.45) is 0. The van der Waals surface area contributed by atoms with Crippen LogP contribution in [0.4, 0.5) is 15.8 Å². The second-order valence-electron chi connectivity index (χ2n) is 6.72. The van der Waals surface area contributed by atoms with E-state index >= 15 is 0 Å². The fraction of sp³-hybridized carbons (Fsp3) is 0.222. The molecule has 0 bridgehead atoms. The first kappa shape index (κ1) is 18.1. The van der Waals surface area contributed by atoms with Crippen LogP contribution in [-0.2, 0) is 14.8 Å². The molecule has 1 N–H and O–H groups in total. The maximum Gasteiger partial charge on any atom is 0.255 e. The van der Waals surface area contributed by atoms with Gasteiger partial charge in [0.05, 0.1) is 16.9 Å². The van der Waals surface area contributed by atoms with Gasteiger partial charge in [0.2, 0.25) is 15.9 Å². The molecule has 8 heteroatoms. The summed E-state index contributed by atoms with van der Waals surface area (Å²) in [6, 6.07) is 11.2. The zero-order valence-corrected chi connectivity index (χ0v) is 15.0. The Balaban J connectivity index is 1.91. The van der Waals surface area contributed by atoms with Gasteiger partial charge in [-0.2, -0.15) is 0 Å². The number of nitrogens with zero attached hydrogens (tertiary/aromatic N) is 1. The van der Waals surface area contributed by atoms with Crippen molar-refractivity contribution >= 4 is 33.2 Å². The summed E-state index contributed by atoms with van der Waals surface area (Å²) >= 11 is 0. The summed E-state index contributed by atoms with van der Waals surface area (Å²) in [5.41, 5.74) is -0.503. The second kappa shape index (κ2) is 6.21. The fourth-order valence-electron chi connectivity index (χ4n) is 2.80. The topological polar surface area (TPSA) is 83.6 Å². The first-order valence-corrected chi connectivity index (χ1v) is 9.45. The molecule has 1 heterocycles. The van der Waals surface area contributed by atoms with Crippen LogP contribution < -0.4 is 9.62 Å². The van der Waals surface area contributed by atoms with E-state index in [0.717, 1.165) is 4.31 Å². The van der Waals surface area contributed by atoms with Gasteiger partial charge in [0, 0.05) is 11.3 Å². The molecule has 0 spiro atoms. The largest absolute Gasteiger partial charge is 0.322 e. The molecule has 0 aliphatic carbocycles. The number of carbonyl (C=O) groups excluding carboxylic acids is 2. The van der Waals surface area contributed by atoms with E-state index in [1.165, 1.54) is 48.5 Å². The van der Waals surface area contributed by atoms with Gasteiger partial charge in [0.15, 0.2) is 0 Å². The fourth-order valence-corrected chi connectivity index (χ4v) is 4.90. The molecule has 1 aliphatic rings. The average Bonchev–Trinajstić information content (AvgIpc) is 2.70. The van der Waals surface area contributed by atoms with E-state index in [9.17, 15) is 22.4 Å². The highest BCUT2D eigenvalue weighted by atomic mass is 32.2. The summed E-state index contributed by atoms with van der Waals surface area (Å²) in [5, 5.41) is 2.53. The van der Waals surface area contributed by atoms with Crippen molar-refractivity contribution in [3.05, 3.63) is 59.9 Å². The lowest BCUT2D eigenvalue weighted by Crippen LogP contribution is -2.33. The Morgan fingerprint density at radius 3 is 2.46 bits per heavy atom. The minimum atomic E-state index is -3.80. The van der Waals surface area contributed by atoms with Crippen molar-refractivity contribution in [2.75, 3.05) is 15.4 Å². The van der Waals surface area contributed by atoms with Gasteiger partial charge in [-0.05, 0) is 50.2 Å². The molecule has 2 aromatic rings. The van der Waals surface area contributed by atoms with Gasteiger partial charge in [-0.25, -0.2) is 17.1 Å². The highest BCUT2D eigenvalue weighted by Gasteiger charge is 2.49. The number of carbonyl (C=O) groups is 2. The van der Waals surface area contributed by atoms with E-state index in [4.69, 9.17) is 0 Å². The summed E-state index contributed by atoms with van der Waals surface area (Å²) < 4.78 is 38.7. The van der Waals surface area contributed by atoms with Gasteiger partial charge < -0.3 is 5.32 Å². The van der Waals surface area contributed by atoms with Crippen LogP contribution in [0.3, 0.4) is 0 Å². The first-order chi connectivity index (χ1) is 12.1. The maximum atomic E-state index is 13.2. The molecule has 0 aromatic heterocycles. The van der Waals surface area contributed by atoms with Crippen LogP contribution in [0.5, 0.6) is 0 Å². The second-order valence-corrected chi connectivity index (χ2v) is 8.54. The number of halogens is 1. The normalized spacial score (nSPS) is 18.0. The van der Waals surface area contributed by atoms with Crippen molar-refractivity contribution in [3.8, 4) is 0 Å². The molecular weight excluding hydrogens is 359 g/mol. The van der Waals surface area contributed by atoms with E-state index in [1.807, 2.05) is 0 Å². The van der Waals surface area contributed by atoms with Gasteiger partial charge in [0.1, 0.15) is 5.82 Å². The Morgan fingerprint density at radius 2 is 1.85 bits per heavy atom. The molecule has 0 atom stereocenters. The quantitative estimate of drug-likeness (QED) is 0.893. The Labute approximate surface area is 150 Å². The van der Waals surface area contributed by atoms with E-state index in [2.05, 4.69) is 5.32 Å². The Morgan fingerprint density at radius 1 is 1.15 bits per heavy atom. The van der Waals surface area contributed by atoms with Crippen LogP contribution in [0.25, 0.3) is 0 Å². The monoisotopic (exact) mass is 376 g/mol. The molecule has 0 saturated carbocycles. The van der Waals surface area contributed by atoms with Gasteiger partial charge in [-0.3, -0.25) is 9.59 Å². The maximum absolute atomic E-state index is 13.2. The molecule has 26 heavy (non-hydrogen) atoms. The number of hydrogen-bond acceptors (Lipinski definition) is 4. The Kier molecular flexibility index (Phi) is 4.31. The third kappa shape index (κ3) is 3.32. The van der Waals surface area contributed by atoms with Crippen molar-refractivity contribution in [2.45, 2.75) is 13.8 Å². The predicted octanol–water partition coefficient (Wildman–Crippen LogP) is 2.78. The molecule has 2 amide bonds. The van der Waals surface area contributed by atoms with Crippen LogP contribution in [0.2, 0.25) is 0 Å². The summed E-state index contributed by atoms with van der Waals surface area (Å²) in [6.45, 7) is 3.13. The molecule has 136 valence electrons. The number of amides is 2. The highest BCUT2D eigenvalue weighted by Crippen LogP contribution is 2.35. The molecule has 1 saturated heterocycles. The summed E-state index contributed by atoms with van der Waals surface area (Å²) in [5.74, 6) is -1.87. The molecule has 0 radical (unpaired) electrons. The highest BCUT2D eigenvalue weighted by molar-refractivity contribution is 7.94. The predicted molar refractivity (Wildman–Crippen MR) is 95.8 cm³/mol. The third-order valence-corrected chi connectivity index (χ3v) is 6.03. The zero-order chi connectivity index (χ0) is 19.1. The van der Waals surface area contributed by atoms with E-state index in [1.54, 1.807) is 13.8 Å². The van der Waals surface area contributed by atoms with Gasteiger partial charge in [-0.1, -0.05) is 12.1 Å². The minimum absolute atomic E-state index is 0.104. The number of nitrogens with one attached hydrogen (secondary N) is 1. The molecule has 1 aliphatic heterocycles. The molecule has 6 nitrogen and oxygen atoms in total. The number of rotatable bonds is 3. The van der Waals surface area contributed by atoms with Gasteiger partial charge in [-0.15, -0.1) is 0 Å². The lowest BCUT2D eigenvalue weighted by Gasteiger charge is -2.18. The summed E-state index contributed by atoms with van der Waals surface area (Å²) in [7, 11) is -3.80. The first-order valence-electron chi connectivity index (χ1n) is 7.85. The molecule has 0 unspecified atom stereocenters. The molecule has 2 aromatic carbocycles. The van der Waals surface area contributed by atoms with Crippen LogP contribution in [0.15, 0.2) is 48.5 Å². The molecule has 3 rings (SSSR count). The SMILES string of the molecule is CC1(C)CS(=O)(=O)N(c2cccc(C(=O)Nc3cccc(F)c3)c2)C1=O. The van der Waals surface area contributed by atoms with E-state index < -0.39 is 33.1 Å². The summed E-state index contributed by atoms with van der Waals surface area (Å²) in [4.78, 5) is 24.8. The van der Waals surface area contributed by atoms with Crippen molar-refractivity contribution in [3.63, 3.8) is 0 Å². The number of hydrogen-bond donors (Lipinski definition) is 1. The van der Waals surface area contributed by atoms with Crippen LogP contribution >= 0.6 is 0 Å². The number of anilines is 2. The average molecular weight is 376 g/mol. The lowest BCUT2D eigenvalue weighted by molar-refractivity contribution is -0.123. The Bertz CT molecular complexity index is 1000. The standard InChI is InChI=1S/C18H17FN2O4S/c1-18(2)11-26(24,25)21(17(18)23)15-8-3-5-12(9-15)16(22)20-14-7-4-6-13(19)10-14/h3-10H,11H2,1-2H3,(H,20,22). The van der Waals surface area contributed by atoms with Crippen molar-refractivity contribution in [1.29, 1.82) is 0 Å². The number of sulfonamides is 1. The molecular formula is C18H17FN2O4S. The van der Waals surface area contributed by atoms with E-state index in [-0.39, 0.29) is 22.7 Å². The molecule has 1 fully saturated rings. The smallest absolute Gasteiger partial charge is 0.255 e. The van der Waals surface area contributed by atoms with Crippen LogP contribution in [-0.4, -0.2) is 26.0 Å². The van der Waals surface area contributed by atoms with Crippen LogP contribution in [0, 0.1) is 11.2 Å². The van der Waals surface area contributed by atoms with Gasteiger partial charge in [0.25, 0.3) is 5.91 Å². The lowest BCUT2D eigenvalue weighted by atomic mass is 9.95. The Hall–Kier alpha value is -2.74. The van der Waals surface area contributed by atoms with Crippen LogP contribution in [0.1, 0.15) is 24.2 Å². The zero-order valence-electron chi connectivity index (χ0n) is 14.2. The van der Waals surface area contributed by atoms with Gasteiger partial charge >= 0.3 is 0 Å².